The first kappa shape index (κ1) is 70.8. The van der Waals surface area contributed by atoms with Gasteiger partial charge in [0, 0.05) is 12.8 Å². The smallest absolute Gasteiger partial charge is 0.306 e. The van der Waals surface area contributed by atoms with Crippen molar-refractivity contribution in [2.45, 2.75) is 315 Å². The summed E-state index contributed by atoms with van der Waals surface area (Å²) in [5.74, 6) is -0.589. The van der Waals surface area contributed by atoms with Crippen molar-refractivity contribution in [3.63, 3.8) is 0 Å². The summed E-state index contributed by atoms with van der Waals surface area (Å²) < 4.78 is 10.7. The van der Waals surface area contributed by atoms with Gasteiger partial charge in [0.25, 0.3) is 0 Å². The lowest BCUT2D eigenvalue weighted by molar-refractivity contribution is -0.161. The third-order valence-electron chi connectivity index (χ3n) is 13.9. The van der Waals surface area contributed by atoms with Gasteiger partial charge < -0.3 is 14.6 Å². The zero-order chi connectivity index (χ0) is 53.4. The molecule has 74 heavy (non-hydrogen) atoms. The molecule has 0 heterocycles. The van der Waals surface area contributed by atoms with Gasteiger partial charge in [0.15, 0.2) is 6.10 Å². The van der Waals surface area contributed by atoms with E-state index < -0.39 is 6.10 Å². The van der Waals surface area contributed by atoms with E-state index >= 15 is 0 Å². The van der Waals surface area contributed by atoms with E-state index in [1.54, 1.807) is 0 Å². The van der Waals surface area contributed by atoms with Gasteiger partial charge in [-0.3, -0.25) is 9.59 Å². The van der Waals surface area contributed by atoms with Gasteiger partial charge in [-0.1, -0.05) is 297 Å². The molecule has 0 aromatic rings. The summed E-state index contributed by atoms with van der Waals surface area (Å²) >= 11 is 0. The summed E-state index contributed by atoms with van der Waals surface area (Å²) in [5.41, 5.74) is 0. The van der Waals surface area contributed by atoms with Gasteiger partial charge in [0.2, 0.25) is 0 Å². The summed E-state index contributed by atoms with van der Waals surface area (Å²) in [6.45, 7) is 4.04. The van der Waals surface area contributed by atoms with Crippen LogP contribution in [0.1, 0.15) is 309 Å². The summed E-state index contributed by atoms with van der Waals surface area (Å²) in [5, 5.41) is 9.68. The Morgan fingerprint density at radius 3 is 0.878 bits per heavy atom. The van der Waals surface area contributed by atoms with Crippen LogP contribution in [0.25, 0.3) is 0 Å². The van der Waals surface area contributed by atoms with Crippen LogP contribution in [0, 0.1) is 0 Å². The van der Waals surface area contributed by atoms with Gasteiger partial charge in [-0.05, 0) is 96.3 Å². The first-order valence-corrected chi connectivity index (χ1v) is 31.8. The number of carbonyl (C=O) groups excluding carboxylic acids is 2. The Hall–Kier alpha value is -3.18. The largest absolute Gasteiger partial charge is 0.462 e. The van der Waals surface area contributed by atoms with Crippen molar-refractivity contribution in [2.24, 2.45) is 0 Å². The highest BCUT2D eigenvalue weighted by Gasteiger charge is 2.16. The Morgan fingerprint density at radius 2 is 0.581 bits per heavy atom. The first-order valence-electron chi connectivity index (χ1n) is 31.8. The third kappa shape index (κ3) is 61.4. The highest BCUT2D eigenvalue weighted by molar-refractivity contribution is 5.70. The number of hydrogen-bond acceptors (Lipinski definition) is 5. The molecule has 5 heteroatoms. The maximum Gasteiger partial charge on any atom is 0.306 e. The van der Waals surface area contributed by atoms with Crippen molar-refractivity contribution in [3.05, 3.63) is 97.2 Å². The Balaban J connectivity index is 3.46. The van der Waals surface area contributed by atoms with Crippen LogP contribution in [0.5, 0.6) is 0 Å². The van der Waals surface area contributed by atoms with E-state index in [1.165, 1.54) is 199 Å². The van der Waals surface area contributed by atoms with Crippen LogP contribution in [0.3, 0.4) is 0 Å². The van der Waals surface area contributed by atoms with Gasteiger partial charge in [-0.2, -0.15) is 0 Å². The Morgan fingerprint density at radius 1 is 0.324 bits per heavy atom. The monoisotopic (exact) mass is 1030 g/mol. The second-order valence-corrected chi connectivity index (χ2v) is 21.1. The molecule has 0 saturated carbocycles. The van der Waals surface area contributed by atoms with Crippen molar-refractivity contribution >= 4 is 11.9 Å². The van der Waals surface area contributed by atoms with Crippen LogP contribution >= 0.6 is 0 Å². The molecule has 0 saturated heterocycles. The number of allylic oxidation sites excluding steroid dienone is 16. The fourth-order valence-electron chi connectivity index (χ4n) is 9.12. The van der Waals surface area contributed by atoms with Crippen LogP contribution in [-0.4, -0.2) is 36.4 Å². The van der Waals surface area contributed by atoms with Gasteiger partial charge >= 0.3 is 11.9 Å². The number of unbranched alkanes of at least 4 members (excludes halogenated alkanes) is 34. The molecule has 0 aromatic carbocycles. The normalized spacial score (nSPS) is 12.9. The topological polar surface area (TPSA) is 72.8 Å². The SMILES string of the molecule is CC/C=C\C/C=C\C/C=C\C/C=C\C/C=C\CCCCCCCCCCCCCCCCCCCCCCCC(=O)OC(CO)COC(=O)CCCCCCCCCC/C=C\C/C=C\C/C=C\CCCCCCC. The van der Waals surface area contributed by atoms with Crippen LogP contribution < -0.4 is 0 Å². The zero-order valence-electron chi connectivity index (χ0n) is 48.8. The lowest BCUT2D eigenvalue weighted by atomic mass is 10.0. The maximum absolute atomic E-state index is 12.3. The number of rotatable bonds is 58. The fraction of sp³-hybridized carbons (Fsp3) is 0.739. The highest BCUT2D eigenvalue weighted by Crippen LogP contribution is 2.17. The molecule has 5 nitrogen and oxygen atoms in total. The van der Waals surface area contributed by atoms with E-state index in [4.69, 9.17) is 9.47 Å². The predicted molar refractivity (Wildman–Crippen MR) is 325 cm³/mol. The van der Waals surface area contributed by atoms with Crippen molar-refractivity contribution in [1.82, 2.24) is 0 Å². The van der Waals surface area contributed by atoms with Crippen LogP contribution in [0.4, 0.5) is 0 Å². The number of aliphatic hydroxyl groups is 1. The second kappa shape index (κ2) is 64.1. The van der Waals surface area contributed by atoms with Crippen LogP contribution in [0.2, 0.25) is 0 Å². The van der Waals surface area contributed by atoms with E-state index in [-0.39, 0.29) is 25.2 Å². The molecule has 0 fully saturated rings. The molecule has 0 amide bonds. The Labute approximate surface area is 459 Å². The molecule has 1 N–H and O–H groups in total. The first-order chi connectivity index (χ1) is 36.6. The van der Waals surface area contributed by atoms with E-state index in [0.717, 1.165) is 83.5 Å². The van der Waals surface area contributed by atoms with Gasteiger partial charge in [0.05, 0.1) is 6.61 Å². The number of carbonyl (C=O) groups is 2. The van der Waals surface area contributed by atoms with Gasteiger partial charge in [-0.25, -0.2) is 0 Å². The molecule has 0 aliphatic rings. The lowest BCUT2D eigenvalue weighted by Gasteiger charge is -2.15. The van der Waals surface area contributed by atoms with Gasteiger partial charge in [-0.15, -0.1) is 0 Å². The number of esters is 2. The molecular weight excluding hydrogens is 909 g/mol. The standard InChI is InChI=1S/C69H120O5/c1-3-5-7-9-11-13-15-17-19-21-23-25-27-28-29-30-31-32-33-34-35-36-37-38-39-40-42-44-46-48-50-52-54-56-58-60-62-64-69(72)74-67(65-70)66-73-68(71)63-61-59-57-55-53-51-49-47-45-43-41-26-24-22-20-18-16-14-12-10-8-6-4-2/h5,7,11,13,16-19,22-25,28-29,41,43,67,70H,3-4,6,8-10,12,14-15,20-21,26-27,30-40,42,44-66H2,1-2H3/b7-5-,13-11-,18-16-,19-17-,24-22-,25-23-,29-28-,43-41-. The summed E-state index contributed by atoms with van der Waals surface area (Å²) in [6, 6.07) is 0. The molecule has 0 aliphatic carbocycles. The number of aliphatic hydroxyl groups excluding tert-OH is 1. The molecule has 0 bridgehead atoms. The number of ether oxygens (including phenoxy) is 2. The molecule has 1 unspecified atom stereocenters. The van der Waals surface area contributed by atoms with Crippen molar-refractivity contribution < 1.29 is 24.2 Å². The highest BCUT2D eigenvalue weighted by atomic mass is 16.6. The molecule has 1 atom stereocenters. The maximum atomic E-state index is 12.3. The molecule has 0 aliphatic heterocycles. The molecule has 0 rings (SSSR count). The summed E-state index contributed by atoms with van der Waals surface area (Å²) in [4.78, 5) is 24.6. The average molecular weight is 1030 g/mol. The summed E-state index contributed by atoms with van der Waals surface area (Å²) in [6.07, 6.45) is 91.2. The zero-order valence-corrected chi connectivity index (χ0v) is 48.8. The molecule has 0 spiro atoms. The minimum atomic E-state index is -0.779. The van der Waals surface area contributed by atoms with E-state index in [9.17, 15) is 14.7 Å². The fourth-order valence-corrected chi connectivity index (χ4v) is 9.12. The van der Waals surface area contributed by atoms with Crippen LogP contribution in [0.15, 0.2) is 97.2 Å². The average Bonchev–Trinajstić information content (AvgIpc) is 3.40. The minimum Gasteiger partial charge on any atom is -0.462 e. The second-order valence-electron chi connectivity index (χ2n) is 21.1. The summed E-state index contributed by atoms with van der Waals surface area (Å²) in [7, 11) is 0. The van der Waals surface area contributed by atoms with Crippen molar-refractivity contribution in [1.29, 1.82) is 0 Å². The molecule has 426 valence electrons. The van der Waals surface area contributed by atoms with Gasteiger partial charge in [0.1, 0.15) is 6.61 Å². The van der Waals surface area contributed by atoms with E-state index in [1.807, 2.05) is 0 Å². The predicted octanol–water partition coefficient (Wildman–Crippen LogP) is 21.9. The Bertz CT molecular complexity index is 1400. The quantitative estimate of drug-likeness (QED) is 0.0373. The minimum absolute atomic E-state index is 0.0702. The third-order valence-corrected chi connectivity index (χ3v) is 13.9. The molecular formula is C69H120O5. The van der Waals surface area contributed by atoms with E-state index in [0.29, 0.717) is 12.8 Å². The number of hydrogen-bond donors (Lipinski definition) is 1. The van der Waals surface area contributed by atoms with Crippen molar-refractivity contribution in [2.75, 3.05) is 13.2 Å². The lowest BCUT2D eigenvalue weighted by Crippen LogP contribution is -2.28. The molecule has 0 aromatic heterocycles. The molecule has 0 radical (unpaired) electrons. The van der Waals surface area contributed by atoms with Crippen molar-refractivity contribution in [3.8, 4) is 0 Å². The van der Waals surface area contributed by atoms with E-state index in [2.05, 4.69) is 111 Å². The Kier molecular flexibility index (Phi) is 61.4. The van der Waals surface area contributed by atoms with Crippen LogP contribution in [-0.2, 0) is 19.1 Å².